The molecule has 22 heavy (non-hydrogen) atoms. The number of hydrogen-bond acceptors (Lipinski definition) is 3. The zero-order chi connectivity index (χ0) is 17.3. The summed E-state index contributed by atoms with van der Waals surface area (Å²) in [6, 6.07) is 0. The predicted molar refractivity (Wildman–Crippen MR) is 88.6 cm³/mol. The van der Waals surface area contributed by atoms with Gasteiger partial charge < -0.3 is 9.84 Å². The van der Waals surface area contributed by atoms with E-state index in [0.29, 0.717) is 5.92 Å². The third-order valence-corrected chi connectivity index (χ3v) is 3.22. The highest BCUT2D eigenvalue weighted by Gasteiger charge is 2.19. The summed E-state index contributed by atoms with van der Waals surface area (Å²) in [6.45, 7) is 12.2. The molecule has 0 amide bonds. The maximum Gasteiger partial charge on any atom is 0.333 e. The molecule has 0 saturated heterocycles. The van der Waals surface area contributed by atoms with E-state index in [9.17, 15) is 9.59 Å². The molecule has 0 aromatic heterocycles. The van der Waals surface area contributed by atoms with Crippen molar-refractivity contribution in [3.63, 3.8) is 0 Å². The summed E-state index contributed by atoms with van der Waals surface area (Å²) >= 11 is 0. The largest absolute Gasteiger partial charge is 0.478 e. The van der Waals surface area contributed by atoms with Gasteiger partial charge in [0.05, 0.1) is 0 Å². The second kappa shape index (κ2) is 9.44. The van der Waals surface area contributed by atoms with Gasteiger partial charge in [0, 0.05) is 11.1 Å². The number of allylic oxidation sites excluding steroid dienone is 1. The van der Waals surface area contributed by atoms with E-state index in [1.165, 1.54) is 39.0 Å². The Morgan fingerprint density at radius 1 is 1.14 bits per heavy atom. The summed E-state index contributed by atoms with van der Waals surface area (Å²) in [5, 5.41) is 7.89. The van der Waals surface area contributed by atoms with Crippen LogP contribution < -0.4 is 0 Å². The molecule has 0 aromatic rings. The summed E-state index contributed by atoms with van der Waals surface area (Å²) in [7, 11) is 0. The zero-order valence-corrected chi connectivity index (χ0v) is 14.6. The molecule has 1 aliphatic carbocycles. The molecule has 0 spiro atoms. The van der Waals surface area contributed by atoms with Gasteiger partial charge in [-0.15, -0.1) is 0 Å². The second-order valence-electron chi connectivity index (χ2n) is 6.84. The molecule has 0 atom stereocenters. The van der Waals surface area contributed by atoms with Crippen LogP contribution in [0.4, 0.5) is 0 Å². The van der Waals surface area contributed by atoms with Crippen LogP contribution in [0.1, 0.15) is 66.7 Å². The molecule has 126 valence electrons. The molecule has 1 N–H and O–H groups in total. The van der Waals surface area contributed by atoms with Crippen molar-refractivity contribution in [1.29, 1.82) is 0 Å². The fourth-order valence-corrected chi connectivity index (χ4v) is 2.08. The van der Waals surface area contributed by atoms with Gasteiger partial charge in [0.1, 0.15) is 5.60 Å². The normalized spacial score (nSPS) is 16.3. The summed E-state index contributed by atoms with van der Waals surface area (Å²) in [4.78, 5) is 21.3. The van der Waals surface area contributed by atoms with Crippen LogP contribution in [0.5, 0.6) is 0 Å². The van der Waals surface area contributed by atoms with Gasteiger partial charge in [-0.25, -0.2) is 9.59 Å². The summed E-state index contributed by atoms with van der Waals surface area (Å²) in [5.41, 5.74) is 0.551. The monoisotopic (exact) mass is 310 g/mol. The maximum absolute atomic E-state index is 11.7. The van der Waals surface area contributed by atoms with Gasteiger partial charge in [-0.05, 0) is 53.4 Å². The standard InChI is InChI=1S/C14H24O2.C4H6O2/c1-11(13(15)16-14(2,3)4)10-12-8-6-5-7-9-12;1-3(2)4(5)6/h10,12H,5-9H2,1-4H3;1H2,2H3,(H,5,6). The average Bonchev–Trinajstić information content (AvgIpc) is 2.38. The lowest BCUT2D eigenvalue weighted by Crippen LogP contribution is -2.24. The smallest absolute Gasteiger partial charge is 0.333 e. The number of hydrogen-bond donors (Lipinski definition) is 1. The van der Waals surface area contributed by atoms with Crippen LogP contribution in [-0.4, -0.2) is 22.6 Å². The number of carboxylic acid groups (broad SMARTS) is 1. The van der Waals surface area contributed by atoms with Crippen LogP contribution in [0, 0.1) is 5.92 Å². The fourth-order valence-electron chi connectivity index (χ4n) is 2.08. The quantitative estimate of drug-likeness (QED) is 0.615. The number of ether oxygens (including phenoxy) is 1. The number of aliphatic carboxylic acids is 1. The van der Waals surface area contributed by atoms with Crippen molar-refractivity contribution in [3.8, 4) is 0 Å². The number of carbonyl (C=O) groups excluding carboxylic acids is 1. The Morgan fingerprint density at radius 3 is 1.95 bits per heavy atom. The molecule has 4 heteroatoms. The minimum Gasteiger partial charge on any atom is -0.478 e. The first-order valence-electron chi connectivity index (χ1n) is 7.83. The summed E-state index contributed by atoms with van der Waals surface area (Å²) in [5.74, 6) is -0.519. The van der Waals surface area contributed by atoms with Gasteiger partial charge in [0.2, 0.25) is 0 Å². The average molecular weight is 310 g/mol. The van der Waals surface area contributed by atoms with Gasteiger partial charge in [-0.1, -0.05) is 31.9 Å². The van der Waals surface area contributed by atoms with E-state index in [-0.39, 0.29) is 11.5 Å². The van der Waals surface area contributed by atoms with Crippen molar-refractivity contribution >= 4 is 11.9 Å². The van der Waals surface area contributed by atoms with Gasteiger partial charge in [0.15, 0.2) is 0 Å². The molecule has 0 aromatic carbocycles. The lowest BCUT2D eigenvalue weighted by Gasteiger charge is -2.21. The molecule has 1 fully saturated rings. The van der Waals surface area contributed by atoms with Gasteiger partial charge in [-0.3, -0.25) is 0 Å². The highest BCUT2D eigenvalue weighted by Crippen LogP contribution is 2.26. The van der Waals surface area contributed by atoms with Crippen molar-refractivity contribution in [3.05, 3.63) is 23.8 Å². The van der Waals surface area contributed by atoms with E-state index in [1.54, 1.807) is 0 Å². The first kappa shape index (κ1) is 20.4. The van der Waals surface area contributed by atoms with Crippen molar-refractivity contribution < 1.29 is 19.4 Å². The van der Waals surface area contributed by atoms with E-state index in [4.69, 9.17) is 9.84 Å². The maximum atomic E-state index is 11.7. The van der Waals surface area contributed by atoms with Gasteiger partial charge >= 0.3 is 11.9 Å². The Balaban J connectivity index is 0.000000626. The van der Waals surface area contributed by atoms with Crippen LogP contribution in [0.25, 0.3) is 0 Å². The zero-order valence-electron chi connectivity index (χ0n) is 14.6. The highest BCUT2D eigenvalue weighted by atomic mass is 16.6. The number of esters is 1. The molecule has 1 aliphatic rings. The predicted octanol–water partition coefficient (Wildman–Crippen LogP) is 4.50. The minimum absolute atomic E-state index is 0.168. The Kier molecular flexibility index (Phi) is 8.76. The lowest BCUT2D eigenvalue weighted by atomic mass is 9.88. The SMILES string of the molecule is C=C(C)C(=O)O.CC(=CC1CCCCC1)C(=O)OC(C)(C)C. The summed E-state index contributed by atoms with van der Waals surface area (Å²) < 4.78 is 5.33. The van der Waals surface area contributed by atoms with Crippen molar-refractivity contribution in [2.24, 2.45) is 5.92 Å². The fraction of sp³-hybridized carbons (Fsp3) is 0.667. The number of carbonyl (C=O) groups is 2. The Morgan fingerprint density at radius 2 is 1.59 bits per heavy atom. The van der Waals surface area contributed by atoms with Gasteiger partial charge in [0.25, 0.3) is 0 Å². The highest BCUT2D eigenvalue weighted by molar-refractivity contribution is 5.88. The molecule has 1 rings (SSSR count). The molecule has 0 heterocycles. The second-order valence-corrected chi connectivity index (χ2v) is 6.84. The van der Waals surface area contributed by atoms with E-state index in [1.807, 2.05) is 27.7 Å². The first-order valence-corrected chi connectivity index (χ1v) is 7.83. The number of rotatable bonds is 3. The van der Waals surface area contributed by atoms with Crippen LogP contribution in [-0.2, 0) is 14.3 Å². The molecule has 0 aliphatic heterocycles. The molecule has 4 nitrogen and oxygen atoms in total. The van der Waals surface area contributed by atoms with Gasteiger partial charge in [-0.2, -0.15) is 0 Å². The first-order chi connectivity index (χ1) is 10.0. The minimum atomic E-state index is -0.935. The molecule has 1 saturated carbocycles. The van der Waals surface area contributed by atoms with E-state index >= 15 is 0 Å². The Hall–Kier alpha value is -1.58. The molecule has 0 radical (unpaired) electrons. The van der Waals surface area contributed by atoms with Crippen molar-refractivity contribution in [2.45, 2.75) is 72.3 Å². The third kappa shape index (κ3) is 10.2. The van der Waals surface area contributed by atoms with Crippen LogP contribution in [0.2, 0.25) is 0 Å². The van der Waals surface area contributed by atoms with Crippen molar-refractivity contribution in [1.82, 2.24) is 0 Å². The molecule has 0 bridgehead atoms. The van der Waals surface area contributed by atoms with Crippen LogP contribution in [0.15, 0.2) is 23.8 Å². The van der Waals surface area contributed by atoms with E-state index in [2.05, 4.69) is 12.7 Å². The Bertz CT molecular complexity index is 409. The lowest BCUT2D eigenvalue weighted by molar-refractivity contribution is -0.149. The molecular formula is C18H30O4. The topological polar surface area (TPSA) is 63.6 Å². The van der Waals surface area contributed by atoms with E-state index < -0.39 is 11.6 Å². The summed E-state index contributed by atoms with van der Waals surface area (Å²) in [6.07, 6.45) is 8.48. The molecular weight excluding hydrogens is 280 g/mol. The Labute approximate surface area is 134 Å². The third-order valence-electron chi connectivity index (χ3n) is 3.22. The van der Waals surface area contributed by atoms with Crippen LogP contribution >= 0.6 is 0 Å². The number of carboxylic acids is 1. The van der Waals surface area contributed by atoms with Crippen molar-refractivity contribution in [2.75, 3.05) is 0 Å². The molecule has 0 unspecified atom stereocenters. The van der Waals surface area contributed by atoms with Crippen LogP contribution in [0.3, 0.4) is 0 Å². The van der Waals surface area contributed by atoms with E-state index in [0.717, 1.165) is 5.57 Å².